The summed E-state index contributed by atoms with van der Waals surface area (Å²) in [5.74, 6) is 1.05. The van der Waals surface area contributed by atoms with Gasteiger partial charge < -0.3 is 31.9 Å². The van der Waals surface area contributed by atoms with Crippen LogP contribution in [0.25, 0.3) is 0 Å². The first kappa shape index (κ1) is 25.2. The number of pyridine rings is 1. The van der Waals surface area contributed by atoms with Gasteiger partial charge in [-0.05, 0) is 37.6 Å². The van der Waals surface area contributed by atoms with Crippen molar-refractivity contribution in [1.29, 1.82) is 0 Å². The first-order valence-electron chi connectivity index (χ1n) is 9.74. The molecule has 0 aliphatic carbocycles. The third-order valence-corrected chi connectivity index (χ3v) is 4.30. The number of benzene rings is 1. The molecule has 0 aliphatic rings. The van der Waals surface area contributed by atoms with E-state index in [1.807, 2.05) is 51.1 Å². The zero-order chi connectivity index (χ0) is 21.3. The average Bonchev–Trinajstić information content (AvgIpc) is 3.17. The predicted octanol–water partition coefficient (Wildman–Crippen LogP) is 1.20. The number of nitrogens with one attached hydrogen (secondary N) is 3. The first-order chi connectivity index (χ1) is 14.5. The Morgan fingerprint density at radius 3 is 2.77 bits per heavy atom. The van der Waals surface area contributed by atoms with E-state index in [2.05, 4.69) is 32.1 Å². The number of anilines is 2. The molecule has 3 aromatic rings. The average molecular weight is 443 g/mol. The zero-order valence-corrected chi connectivity index (χ0v) is 21.4. The van der Waals surface area contributed by atoms with Crippen LogP contribution in [0.1, 0.15) is 41.4 Å². The van der Waals surface area contributed by atoms with Gasteiger partial charge in [-0.15, -0.1) is 6.20 Å². The molecular formula is C23H25KN5O2-. The predicted molar refractivity (Wildman–Crippen MR) is 117 cm³/mol. The summed E-state index contributed by atoms with van der Waals surface area (Å²) in [6.45, 7) is 6.42. The van der Waals surface area contributed by atoms with Crippen molar-refractivity contribution < 1.29 is 60.9 Å². The molecule has 0 bridgehead atoms. The summed E-state index contributed by atoms with van der Waals surface area (Å²) < 4.78 is 5.30. The molecule has 1 atom stereocenters. The van der Waals surface area contributed by atoms with E-state index in [1.165, 1.54) is 6.20 Å². The monoisotopic (exact) mass is 442 g/mol. The molecular weight excluding hydrogens is 417 g/mol. The van der Waals surface area contributed by atoms with E-state index >= 15 is 0 Å². The Bertz CT molecular complexity index is 1000. The topological polar surface area (TPSA) is 88.2 Å². The second-order valence-corrected chi connectivity index (χ2v) is 6.73. The van der Waals surface area contributed by atoms with Gasteiger partial charge in [0.15, 0.2) is 0 Å². The number of aromatic nitrogens is 2. The molecule has 3 N–H and O–H groups in total. The van der Waals surface area contributed by atoms with E-state index in [-0.39, 0.29) is 63.3 Å². The Labute approximate surface area is 225 Å². The van der Waals surface area contributed by atoms with Gasteiger partial charge in [0.25, 0.3) is 5.91 Å². The van der Waals surface area contributed by atoms with E-state index < -0.39 is 0 Å². The van der Waals surface area contributed by atoms with Crippen LogP contribution in [0.3, 0.4) is 0 Å². The molecule has 7 nitrogen and oxygen atoms in total. The van der Waals surface area contributed by atoms with Gasteiger partial charge in [-0.1, -0.05) is 19.1 Å². The molecule has 1 unspecified atom stereocenters. The summed E-state index contributed by atoms with van der Waals surface area (Å²) in [6.07, 6.45) is 8.00. The number of carbonyl (C=O) groups excluding carboxylic acids is 1. The van der Waals surface area contributed by atoms with Crippen LogP contribution in [0.15, 0.2) is 61.1 Å². The number of nitrogens with zero attached hydrogens (tertiary/aromatic N) is 2. The maximum Gasteiger partial charge on any atom is 1.00 e. The second kappa shape index (κ2) is 12.7. The summed E-state index contributed by atoms with van der Waals surface area (Å²) in [6, 6.07) is 13.0. The number of ether oxygens (including phenoxy) is 1. The maximum absolute atomic E-state index is 12.5. The van der Waals surface area contributed by atoms with E-state index in [0.29, 0.717) is 23.7 Å². The van der Waals surface area contributed by atoms with Crippen LogP contribution in [0.2, 0.25) is 0 Å². The van der Waals surface area contributed by atoms with Crippen LogP contribution in [-0.2, 0) is 0 Å². The van der Waals surface area contributed by atoms with Crippen molar-refractivity contribution in [3.63, 3.8) is 0 Å². The van der Waals surface area contributed by atoms with E-state index in [4.69, 9.17) is 4.74 Å². The number of hydrogen-bond acceptors (Lipinski definition) is 6. The molecule has 8 heteroatoms. The van der Waals surface area contributed by atoms with Crippen molar-refractivity contribution in [2.45, 2.75) is 26.8 Å². The van der Waals surface area contributed by atoms with Crippen LogP contribution >= 0.6 is 0 Å². The standard InChI is InChI=1S/C23H25N5O2.K/c1-4-30-22-9-8-19(15-27-22)23(29)28-20-7-5-6-18(13-20)17(3)24-10-11-25-21-12-16(2)14-26-21;/h5-9,11-15,17,24H,4H2,1-3H3,(H,25,26)(H,28,29);/q-2;+1. The SMILES string of the molecule is CCOc1ccc(C(=O)Nc2cccc(C(C)N[C-]=CNc3[cH-]c(C)cn3)c2)cn1.[K+]. The fourth-order valence-corrected chi connectivity index (χ4v) is 2.74. The molecule has 1 aromatic carbocycles. The van der Waals surface area contributed by atoms with Crippen molar-refractivity contribution >= 4 is 17.4 Å². The quantitative estimate of drug-likeness (QED) is 0.262. The largest absolute Gasteiger partial charge is 1.00 e. The molecule has 0 aliphatic heterocycles. The third kappa shape index (κ3) is 7.82. The number of rotatable bonds is 9. The molecule has 0 fully saturated rings. The van der Waals surface area contributed by atoms with Crippen LogP contribution in [0, 0.1) is 13.1 Å². The summed E-state index contributed by atoms with van der Waals surface area (Å²) in [5.41, 5.74) is 3.29. The van der Waals surface area contributed by atoms with Gasteiger partial charge in [0.2, 0.25) is 5.88 Å². The smallest absolute Gasteiger partial charge is 0.560 e. The van der Waals surface area contributed by atoms with Gasteiger partial charge in [0.05, 0.1) is 12.2 Å². The van der Waals surface area contributed by atoms with E-state index in [9.17, 15) is 4.79 Å². The molecule has 156 valence electrons. The van der Waals surface area contributed by atoms with Crippen LogP contribution in [-0.4, -0.2) is 22.5 Å². The minimum absolute atomic E-state index is 0. The summed E-state index contributed by atoms with van der Waals surface area (Å²) in [5, 5.41) is 9.13. The molecule has 1 amide bonds. The Balaban J connectivity index is 0.00000341. The fraction of sp³-hybridized carbons (Fsp3) is 0.217. The Morgan fingerprint density at radius 2 is 2.10 bits per heavy atom. The van der Waals surface area contributed by atoms with Crippen molar-refractivity contribution in [3.8, 4) is 5.88 Å². The number of amides is 1. The Kier molecular flexibility index (Phi) is 10.3. The van der Waals surface area contributed by atoms with Gasteiger partial charge in [-0.3, -0.25) is 4.79 Å². The van der Waals surface area contributed by atoms with Crippen LogP contribution in [0.5, 0.6) is 5.88 Å². The van der Waals surface area contributed by atoms with E-state index in [0.717, 1.165) is 16.9 Å². The van der Waals surface area contributed by atoms with Crippen molar-refractivity contribution in [2.24, 2.45) is 0 Å². The minimum atomic E-state index is -0.225. The molecule has 0 saturated carbocycles. The van der Waals surface area contributed by atoms with E-state index in [1.54, 1.807) is 24.5 Å². The zero-order valence-electron chi connectivity index (χ0n) is 18.3. The van der Waals surface area contributed by atoms with Gasteiger partial charge in [0, 0.05) is 29.8 Å². The van der Waals surface area contributed by atoms with Crippen molar-refractivity contribution in [3.05, 3.63) is 83.9 Å². The second-order valence-electron chi connectivity index (χ2n) is 6.73. The first-order valence-corrected chi connectivity index (χ1v) is 9.74. The minimum Gasteiger partial charge on any atom is -0.560 e. The van der Waals surface area contributed by atoms with Gasteiger partial charge in [0.1, 0.15) is 0 Å². The number of hydrogen-bond donors (Lipinski definition) is 3. The molecule has 0 radical (unpaired) electrons. The fourth-order valence-electron chi connectivity index (χ4n) is 2.74. The summed E-state index contributed by atoms with van der Waals surface area (Å²) in [4.78, 5) is 20.8. The van der Waals surface area contributed by atoms with Crippen molar-refractivity contribution in [1.82, 2.24) is 15.3 Å². The Morgan fingerprint density at radius 1 is 1.26 bits per heavy atom. The van der Waals surface area contributed by atoms with Gasteiger partial charge in [-0.25, -0.2) is 4.98 Å². The summed E-state index contributed by atoms with van der Waals surface area (Å²) >= 11 is 0. The van der Waals surface area contributed by atoms with Crippen LogP contribution in [0.4, 0.5) is 11.5 Å². The molecule has 2 aromatic heterocycles. The molecule has 3 rings (SSSR count). The van der Waals surface area contributed by atoms with Crippen molar-refractivity contribution in [2.75, 3.05) is 17.2 Å². The molecule has 31 heavy (non-hydrogen) atoms. The summed E-state index contributed by atoms with van der Waals surface area (Å²) in [7, 11) is 0. The van der Waals surface area contributed by atoms with Crippen LogP contribution < -0.4 is 72.1 Å². The molecule has 0 spiro atoms. The molecule has 2 heterocycles. The maximum atomic E-state index is 12.5. The number of carbonyl (C=O) groups is 1. The number of aryl methyl sites for hydroxylation is 1. The normalized spacial score (nSPS) is 11.5. The molecule has 0 saturated heterocycles. The van der Waals surface area contributed by atoms with Gasteiger partial charge >= 0.3 is 51.4 Å². The Hall–Kier alpha value is -2.10. The van der Waals surface area contributed by atoms with Gasteiger partial charge in [-0.2, -0.15) is 17.8 Å². The third-order valence-electron chi connectivity index (χ3n) is 4.30.